The zero-order chi connectivity index (χ0) is 10.8. The second-order valence-electron chi connectivity index (χ2n) is 2.99. The molecule has 1 heterocycles. The van der Waals surface area contributed by atoms with Crippen molar-refractivity contribution in [2.75, 3.05) is 5.73 Å². The predicted molar refractivity (Wildman–Crippen MR) is 54.7 cm³/mol. The van der Waals surface area contributed by atoms with Crippen molar-refractivity contribution >= 4 is 5.95 Å². The van der Waals surface area contributed by atoms with Crippen molar-refractivity contribution in [2.24, 2.45) is 0 Å². The molecule has 2 rings (SSSR count). The van der Waals surface area contributed by atoms with E-state index in [0.29, 0.717) is 0 Å². The number of H-pyrrole nitrogens is 1. The number of halogens is 1. The van der Waals surface area contributed by atoms with Crippen molar-refractivity contribution in [1.29, 1.82) is 0 Å². The summed E-state index contributed by atoms with van der Waals surface area (Å²) in [4.78, 5) is 17.5. The van der Waals surface area contributed by atoms with Crippen LogP contribution < -0.4 is 11.3 Å². The molecule has 0 saturated heterocycles. The lowest BCUT2D eigenvalue weighted by molar-refractivity contribution is 0.631. The monoisotopic (exact) mass is 205 g/mol. The molecule has 0 aliphatic rings. The molecule has 0 bridgehead atoms. The first-order valence-corrected chi connectivity index (χ1v) is 4.28. The molecule has 1 aromatic heterocycles. The zero-order valence-corrected chi connectivity index (χ0v) is 7.70. The first kappa shape index (κ1) is 9.39. The molecule has 0 aliphatic heterocycles. The lowest BCUT2D eigenvalue weighted by Crippen LogP contribution is -2.13. The molecule has 3 N–H and O–H groups in total. The van der Waals surface area contributed by atoms with Gasteiger partial charge in [-0.15, -0.1) is 0 Å². The highest BCUT2D eigenvalue weighted by atomic mass is 19.1. The number of rotatable bonds is 1. The van der Waals surface area contributed by atoms with E-state index in [4.69, 9.17) is 5.73 Å². The van der Waals surface area contributed by atoms with E-state index in [1.807, 2.05) is 0 Å². The van der Waals surface area contributed by atoms with Crippen molar-refractivity contribution in [1.82, 2.24) is 9.97 Å². The lowest BCUT2D eigenvalue weighted by Gasteiger charge is -2.01. The van der Waals surface area contributed by atoms with Crippen molar-refractivity contribution < 1.29 is 4.39 Å². The van der Waals surface area contributed by atoms with Crippen LogP contribution in [0.5, 0.6) is 0 Å². The Balaban J connectivity index is 2.65. The zero-order valence-electron chi connectivity index (χ0n) is 7.70. The predicted octanol–water partition coefficient (Wildman–Crippen LogP) is 1.16. The van der Waals surface area contributed by atoms with Crippen LogP contribution in [0.25, 0.3) is 11.1 Å². The van der Waals surface area contributed by atoms with Gasteiger partial charge in [-0.1, -0.05) is 18.2 Å². The highest BCUT2D eigenvalue weighted by Crippen LogP contribution is 2.17. The fraction of sp³-hybridized carbons (Fsp3) is 0. The SMILES string of the molecule is Nc1ncc(-c2ccccc2F)c(=O)[nH]1. The molecular formula is C10H8FN3O. The van der Waals surface area contributed by atoms with Gasteiger partial charge in [-0.3, -0.25) is 9.78 Å². The van der Waals surface area contributed by atoms with E-state index in [-0.39, 0.29) is 17.1 Å². The summed E-state index contributed by atoms with van der Waals surface area (Å²) in [7, 11) is 0. The van der Waals surface area contributed by atoms with Gasteiger partial charge < -0.3 is 5.73 Å². The number of aromatic nitrogens is 2. The maximum Gasteiger partial charge on any atom is 0.260 e. The Kier molecular flexibility index (Phi) is 2.21. The van der Waals surface area contributed by atoms with Gasteiger partial charge in [0.2, 0.25) is 0 Å². The van der Waals surface area contributed by atoms with Crippen molar-refractivity contribution in [2.45, 2.75) is 0 Å². The molecular weight excluding hydrogens is 197 g/mol. The summed E-state index contributed by atoms with van der Waals surface area (Å²) in [5.41, 5.74) is 5.21. The highest BCUT2D eigenvalue weighted by molar-refractivity contribution is 5.62. The van der Waals surface area contributed by atoms with E-state index in [1.165, 1.54) is 18.3 Å². The molecule has 0 spiro atoms. The maximum atomic E-state index is 13.3. The molecule has 0 saturated carbocycles. The summed E-state index contributed by atoms with van der Waals surface area (Å²) in [6.07, 6.45) is 1.26. The minimum Gasteiger partial charge on any atom is -0.369 e. The van der Waals surface area contributed by atoms with Crippen LogP contribution >= 0.6 is 0 Å². The highest BCUT2D eigenvalue weighted by Gasteiger charge is 2.08. The van der Waals surface area contributed by atoms with Crippen LogP contribution in [0.15, 0.2) is 35.3 Å². The first-order chi connectivity index (χ1) is 7.18. The Labute approximate surface area is 84.6 Å². The molecule has 0 amide bonds. The van der Waals surface area contributed by atoms with E-state index < -0.39 is 11.4 Å². The van der Waals surface area contributed by atoms with Crippen molar-refractivity contribution in [3.8, 4) is 11.1 Å². The van der Waals surface area contributed by atoms with Gasteiger partial charge in [0.25, 0.3) is 5.56 Å². The number of hydrogen-bond donors (Lipinski definition) is 2. The fourth-order valence-electron chi connectivity index (χ4n) is 1.28. The minimum atomic E-state index is -0.463. The molecule has 4 nitrogen and oxygen atoms in total. The van der Waals surface area contributed by atoms with Gasteiger partial charge in [0.05, 0.1) is 5.56 Å². The van der Waals surface area contributed by atoms with Gasteiger partial charge in [0.1, 0.15) is 5.82 Å². The molecule has 0 aliphatic carbocycles. The Hall–Kier alpha value is -2.17. The van der Waals surface area contributed by atoms with Crippen LogP contribution in [0.1, 0.15) is 0 Å². The average molecular weight is 205 g/mol. The second kappa shape index (κ2) is 3.53. The summed E-state index contributed by atoms with van der Waals surface area (Å²) in [5.74, 6) is -0.449. The van der Waals surface area contributed by atoms with Gasteiger partial charge in [-0.25, -0.2) is 9.37 Å². The van der Waals surface area contributed by atoms with Crippen LogP contribution in [0, 0.1) is 5.82 Å². The third kappa shape index (κ3) is 1.71. The summed E-state index contributed by atoms with van der Waals surface area (Å²) in [6.45, 7) is 0. The van der Waals surface area contributed by atoms with Crippen LogP contribution in [-0.4, -0.2) is 9.97 Å². The molecule has 2 aromatic rings. The number of nitrogens with zero attached hydrogens (tertiary/aromatic N) is 1. The van der Waals surface area contributed by atoms with Gasteiger partial charge in [-0.05, 0) is 6.07 Å². The van der Waals surface area contributed by atoms with Gasteiger partial charge >= 0.3 is 0 Å². The summed E-state index contributed by atoms with van der Waals surface area (Å²) < 4.78 is 13.3. The number of nitrogen functional groups attached to an aromatic ring is 1. The largest absolute Gasteiger partial charge is 0.369 e. The van der Waals surface area contributed by atoms with Crippen LogP contribution in [0.2, 0.25) is 0 Å². The number of anilines is 1. The topological polar surface area (TPSA) is 71.8 Å². The number of nitrogens with two attached hydrogens (primary N) is 1. The third-order valence-electron chi connectivity index (χ3n) is 1.98. The molecule has 1 aromatic carbocycles. The maximum absolute atomic E-state index is 13.3. The van der Waals surface area contributed by atoms with Gasteiger partial charge in [0.15, 0.2) is 5.95 Å². The number of nitrogens with one attached hydrogen (secondary N) is 1. The summed E-state index contributed by atoms with van der Waals surface area (Å²) >= 11 is 0. The molecule has 0 unspecified atom stereocenters. The Morgan fingerprint density at radius 3 is 2.67 bits per heavy atom. The average Bonchev–Trinajstić information content (AvgIpc) is 2.20. The molecule has 5 heteroatoms. The molecule has 0 atom stereocenters. The standard InChI is InChI=1S/C10H8FN3O/c11-8-4-2-1-3-6(8)7-5-13-10(12)14-9(7)15/h1-5H,(H3,12,13,14,15). The van der Waals surface area contributed by atoms with Crippen molar-refractivity contribution in [3.63, 3.8) is 0 Å². The summed E-state index contributed by atoms with van der Waals surface area (Å²) in [5, 5.41) is 0. The molecule has 0 radical (unpaired) electrons. The first-order valence-electron chi connectivity index (χ1n) is 4.28. The van der Waals surface area contributed by atoms with Crippen LogP contribution in [0.4, 0.5) is 10.3 Å². The minimum absolute atomic E-state index is 0.0140. The second-order valence-corrected chi connectivity index (χ2v) is 2.99. The van der Waals surface area contributed by atoms with Gasteiger partial charge in [-0.2, -0.15) is 0 Å². The Morgan fingerprint density at radius 1 is 1.27 bits per heavy atom. The Morgan fingerprint density at radius 2 is 2.00 bits per heavy atom. The number of benzene rings is 1. The Bertz CT molecular complexity index is 550. The summed E-state index contributed by atoms with van der Waals surface area (Å²) in [6, 6.07) is 5.99. The quantitative estimate of drug-likeness (QED) is 0.733. The van der Waals surface area contributed by atoms with E-state index in [2.05, 4.69) is 9.97 Å². The number of aromatic amines is 1. The van der Waals surface area contributed by atoms with E-state index >= 15 is 0 Å². The van der Waals surface area contributed by atoms with E-state index in [1.54, 1.807) is 12.1 Å². The van der Waals surface area contributed by atoms with Crippen LogP contribution in [0.3, 0.4) is 0 Å². The smallest absolute Gasteiger partial charge is 0.260 e. The van der Waals surface area contributed by atoms with Crippen LogP contribution in [-0.2, 0) is 0 Å². The van der Waals surface area contributed by atoms with E-state index in [0.717, 1.165) is 0 Å². The van der Waals surface area contributed by atoms with E-state index in [9.17, 15) is 9.18 Å². The van der Waals surface area contributed by atoms with Crippen molar-refractivity contribution in [3.05, 3.63) is 46.6 Å². The number of hydrogen-bond acceptors (Lipinski definition) is 3. The van der Waals surface area contributed by atoms with Gasteiger partial charge in [0, 0.05) is 11.8 Å². The molecule has 15 heavy (non-hydrogen) atoms. The fourth-order valence-corrected chi connectivity index (χ4v) is 1.28. The lowest BCUT2D eigenvalue weighted by atomic mass is 10.1. The molecule has 76 valence electrons. The normalized spacial score (nSPS) is 10.2. The molecule has 0 fully saturated rings. The third-order valence-corrected chi connectivity index (χ3v) is 1.98.